The van der Waals surface area contributed by atoms with Crippen LogP contribution in [0.15, 0.2) is 18.2 Å². The highest BCUT2D eigenvalue weighted by atomic mass is 79.9. The van der Waals surface area contributed by atoms with Crippen molar-refractivity contribution in [3.63, 3.8) is 0 Å². The number of rotatable bonds is 8. The molecule has 1 aromatic carbocycles. The van der Waals surface area contributed by atoms with E-state index in [9.17, 15) is 4.39 Å². The maximum absolute atomic E-state index is 13.2. The molecule has 0 spiro atoms. The van der Waals surface area contributed by atoms with E-state index in [0.29, 0.717) is 12.2 Å². The number of benzene rings is 1. The van der Waals surface area contributed by atoms with E-state index in [4.69, 9.17) is 4.74 Å². The van der Waals surface area contributed by atoms with Gasteiger partial charge in [0.25, 0.3) is 0 Å². The van der Waals surface area contributed by atoms with Gasteiger partial charge in [0.2, 0.25) is 0 Å². The summed E-state index contributed by atoms with van der Waals surface area (Å²) < 4.78 is 19.1. The summed E-state index contributed by atoms with van der Waals surface area (Å²) in [6.07, 6.45) is 4.59. The number of halogens is 2. The maximum atomic E-state index is 13.2. The van der Waals surface area contributed by atoms with Crippen molar-refractivity contribution in [3.05, 3.63) is 29.6 Å². The zero-order valence-corrected chi connectivity index (χ0v) is 13.7. The van der Waals surface area contributed by atoms with Crippen molar-refractivity contribution in [2.75, 3.05) is 11.9 Å². The van der Waals surface area contributed by atoms with Crippen LogP contribution in [0.4, 0.5) is 4.39 Å². The van der Waals surface area contributed by atoms with Crippen molar-refractivity contribution < 1.29 is 9.13 Å². The Kier molecular flexibility index (Phi) is 6.84. The van der Waals surface area contributed by atoms with Crippen molar-refractivity contribution in [1.82, 2.24) is 0 Å². The second kappa shape index (κ2) is 7.88. The quantitative estimate of drug-likeness (QED) is 0.572. The monoisotopic (exact) mass is 330 g/mol. The van der Waals surface area contributed by atoms with Gasteiger partial charge in [0, 0.05) is 10.7 Å². The molecule has 0 bridgehead atoms. The van der Waals surface area contributed by atoms with Crippen LogP contribution in [0.3, 0.4) is 0 Å². The maximum Gasteiger partial charge on any atom is 0.126 e. The molecule has 0 radical (unpaired) electrons. The summed E-state index contributed by atoms with van der Waals surface area (Å²) >= 11 is 3.63. The topological polar surface area (TPSA) is 9.23 Å². The summed E-state index contributed by atoms with van der Waals surface area (Å²) in [5, 5.41) is 0.946. The molecule has 108 valence electrons. The van der Waals surface area contributed by atoms with Gasteiger partial charge in [-0.2, -0.15) is 0 Å². The molecule has 0 heterocycles. The summed E-state index contributed by atoms with van der Waals surface area (Å²) in [6.45, 7) is 6.85. The molecule has 0 unspecified atom stereocenters. The first-order chi connectivity index (χ1) is 9.06. The van der Waals surface area contributed by atoms with E-state index in [-0.39, 0.29) is 11.2 Å². The standard InChI is InChI=1S/C16H24BrFO/c1-4-8-16(11-17,9-5-2)12-19-14-6-7-15(18)13(3)10-14/h6-7,10H,4-5,8-9,11-12H2,1-3H3. The third-order valence-corrected chi connectivity index (χ3v) is 4.71. The fourth-order valence-electron chi connectivity index (χ4n) is 2.45. The lowest BCUT2D eigenvalue weighted by molar-refractivity contribution is 0.144. The van der Waals surface area contributed by atoms with Gasteiger partial charge in [-0.25, -0.2) is 4.39 Å². The Bertz CT molecular complexity index is 386. The SMILES string of the molecule is CCCC(CBr)(CCC)COc1ccc(F)c(C)c1. The van der Waals surface area contributed by atoms with Crippen LogP contribution in [-0.4, -0.2) is 11.9 Å². The molecule has 0 atom stereocenters. The molecule has 19 heavy (non-hydrogen) atoms. The van der Waals surface area contributed by atoms with Crippen molar-refractivity contribution in [1.29, 1.82) is 0 Å². The predicted octanol–water partition coefficient (Wildman–Crippen LogP) is 5.49. The third kappa shape index (κ3) is 4.79. The van der Waals surface area contributed by atoms with E-state index >= 15 is 0 Å². The smallest absolute Gasteiger partial charge is 0.126 e. The highest BCUT2D eigenvalue weighted by Crippen LogP contribution is 2.33. The third-order valence-electron chi connectivity index (χ3n) is 3.52. The Balaban J connectivity index is 2.71. The second-order valence-electron chi connectivity index (χ2n) is 5.33. The molecule has 0 aromatic heterocycles. The first-order valence-electron chi connectivity index (χ1n) is 7.02. The summed E-state index contributed by atoms with van der Waals surface area (Å²) in [5.41, 5.74) is 0.819. The van der Waals surface area contributed by atoms with Gasteiger partial charge < -0.3 is 4.74 Å². The van der Waals surface area contributed by atoms with Crippen molar-refractivity contribution in [2.24, 2.45) is 5.41 Å². The van der Waals surface area contributed by atoms with Crippen molar-refractivity contribution in [3.8, 4) is 5.75 Å². The zero-order chi connectivity index (χ0) is 14.3. The van der Waals surface area contributed by atoms with Crippen LogP contribution in [0, 0.1) is 18.2 Å². The van der Waals surface area contributed by atoms with Crippen LogP contribution in [0.1, 0.15) is 45.1 Å². The van der Waals surface area contributed by atoms with E-state index in [1.807, 2.05) is 0 Å². The molecule has 0 N–H and O–H groups in total. The minimum Gasteiger partial charge on any atom is -0.493 e. The van der Waals surface area contributed by atoms with E-state index in [1.54, 1.807) is 19.1 Å². The Morgan fingerprint density at radius 1 is 1.21 bits per heavy atom. The van der Waals surface area contributed by atoms with Gasteiger partial charge >= 0.3 is 0 Å². The Morgan fingerprint density at radius 3 is 2.32 bits per heavy atom. The Labute approximate surface area is 124 Å². The summed E-state index contributed by atoms with van der Waals surface area (Å²) in [7, 11) is 0. The lowest BCUT2D eigenvalue weighted by atomic mass is 9.82. The highest BCUT2D eigenvalue weighted by molar-refractivity contribution is 9.09. The molecule has 0 aliphatic carbocycles. The molecule has 0 saturated heterocycles. The van der Waals surface area contributed by atoms with Crippen LogP contribution < -0.4 is 4.74 Å². The second-order valence-corrected chi connectivity index (χ2v) is 5.89. The number of alkyl halides is 1. The van der Waals surface area contributed by atoms with Gasteiger partial charge in [-0.3, -0.25) is 0 Å². The van der Waals surface area contributed by atoms with Crippen molar-refractivity contribution >= 4 is 15.9 Å². The van der Waals surface area contributed by atoms with Crippen LogP contribution in [0.25, 0.3) is 0 Å². The van der Waals surface area contributed by atoms with Gasteiger partial charge in [0.05, 0.1) is 6.61 Å². The van der Waals surface area contributed by atoms with Gasteiger partial charge in [0.1, 0.15) is 11.6 Å². The average molecular weight is 331 g/mol. The molecule has 0 aliphatic rings. The first-order valence-corrected chi connectivity index (χ1v) is 8.14. The minimum absolute atomic E-state index is 0.179. The molecule has 1 aromatic rings. The largest absolute Gasteiger partial charge is 0.493 e. The molecule has 0 fully saturated rings. The highest BCUT2D eigenvalue weighted by Gasteiger charge is 2.28. The van der Waals surface area contributed by atoms with Crippen LogP contribution >= 0.6 is 15.9 Å². The lowest BCUT2D eigenvalue weighted by Crippen LogP contribution is -2.30. The summed E-state index contributed by atoms with van der Waals surface area (Å²) in [4.78, 5) is 0. The molecule has 1 nitrogen and oxygen atoms in total. The lowest BCUT2D eigenvalue weighted by Gasteiger charge is -2.31. The van der Waals surface area contributed by atoms with Gasteiger partial charge in [-0.1, -0.05) is 42.6 Å². The molecular formula is C16H24BrFO. The fraction of sp³-hybridized carbons (Fsp3) is 0.625. The van der Waals surface area contributed by atoms with Gasteiger partial charge in [-0.05, 0) is 43.5 Å². The first kappa shape index (κ1) is 16.5. The number of ether oxygens (including phenoxy) is 1. The normalized spacial score (nSPS) is 11.6. The molecule has 0 saturated carbocycles. The van der Waals surface area contributed by atoms with Crippen LogP contribution in [0.2, 0.25) is 0 Å². The van der Waals surface area contributed by atoms with E-state index in [0.717, 1.165) is 36.8 Å². The fourth-order valence-corrected chi connectivity index (χ4v) is 3.17. The van der Waals surface area contributed by atoms with Gasteiger partial charge in [0.15, 0.2) is 0 Å². The Hall–Kier alpha value is -0.570. The zero-order valence-electron chi connectivity index (χ0n) is 12.1. The van der Waals surface area contributed by atoms with E-state index < -0.39 is 0 Å². The van der Waals surface area contributed by atoms with E-state index in [1.165, 1.54) is 6.07 Å². The molecule has 0 amide bonds. The molecule has 3 heteroatoms. The van der Waals surface area contributed by atoms with Crippen LogP contribution in [-0.2, 0) is 0 Å². The Morgan fingerprint density at radius 2 is 1.84 bits per heavy atom. The van der Waals surface area contributed by atoms with Crippen molar-refractivity contribution in [2.45, 2.75) is 46.5 Å². The molecule has 0 aliphatic heterocycles. The number of hydrogen-bond donors (Lipinski definition) is 0. The van der Waals surface area contributed by atoms with Crippen LogP contribution in [0.5, 0.6) is 5.75 Å². The molecule has 1 rings (SSSR count). The van der Waals surface area contributed by atoms with Gasteiger partial charge in [-0.15, -0.1) is 0 Å². The van der Waals surface area contributed by atoms with E-state index in [2.05, 4.69) is 29.8 Å². The number of aryl methyl sites for hydroxylation is 1. The number of hydrogen-bond acceptors (Lipinski definition) is 1. The minimum atomic E-state index is -0.179. The predicted molar refractivity (Wildman–Crippen MR) is 82.7 cm³/mol. The average Bonchev–Trinajstić information content (AvgIpc) is 2.40. The summed E-state index contributed by atoms with van der Waals surface area (Å²) in [5.74, 6) is 0.581. The summed E-state index contributed by atoms with van der Waals surface area (Å²) in [6, 6.07) is 4.95. The molecular weight excluding hydrogens is 307 g/mol.